The number of aromatic nitrogens is 2. The number of Topliss-reactive ketones (excluding diaryl/α,β-unsaturated/α-hetero) is 1. The maximum absolute atomic E-state index is 12.9. The zero-order valence-electron chi connectivity index (χ0n) is 15.3. The number of rotatable bonds is 3. The minimum absolute atomic E-state index is 0.0490. The van der Waals surface area contributed by atoms with E-state index in [2.05, 4.69) is 10.2 Å². The first-order chi connectivity index (χ1) is 13.5. The number of anilines is 1. The number of hydrogen-bond acceptors (Lipinski definition) is 6. The molecule has 1 fully saturated rings. The Kier molecular flexibility index (Phi) is 4.52. The molecule has 2 aromatic carbocycles. The summed E-state index contributed by atoms with van der Waals surface area (Å²) in [7, 11) is 0. The minimum atomic E-state index is -0.769. The second kappa shape index (κ2) is 7.01. The topological polar surface area (TPSA) is 83.4 Å². The molecule has 1 aliphatic heterocycles. The van der Waals surface area contributed by atoms with Crippen LogP contribution in [-0.2, 0) is 9.59 Å². The van der Waals surface area contributed by atoms with Crippen molar-refractivity contribution >= 4 is 33.9 Å². The first-order valence-electron chi connectivity index (χ1n) is 8.70. The summed E-state index contributed by atoms with van der Waals surface area (Å²) in [4.78, 5) is 27.1. The number of nitrogens with zero attached hydrogens (tertiary/aromatic N) is 3. The van der Waals surface area contributed by atoms with Crippen LogP contribution in [0.15, 0.2) is 60.2 Å². The highest BCUT2D eigenvalue weighted by Gasteiger charge is 2.48. The van der Waals surface area contributed by atoms with Gasteiger partial charge in [-0.2, -0.15) is 0 Å². The summed E-state index contributed by atoms with van der Waals surface area (Å²) >= 11 is 1.23. The Bertz CT molecular complexity index is 1090. The number of amides is 1. The Morgan fingerprint density at radius 3 is 2.29 bits per heavy atom. The van der Waals surface area contributed by atoms with Gasteiger partial charge in [0.1, 0.15) is 10.8 Å². The van der Waals surface area contributed by atoms with Crippen LogP contribution in [0.2, 0.25) is 0 Å². The lowest BCUT2D eigenvalue weighted by molar-refractivity contribution is -0.132. The molecule has 0 radical (unpaired) electrons. The third-order valence-electron chi connectivity index (χ3n) is 4.61. The lowest BCUT2D eigenvalue weighted by Crippen LogP contribution is -2.29. The van der Waals surface area contributed by atoms with Crippen molar-refractivity contribution in [3.05, 3.63) is 81.9 Å². The fourth-order valence-electron chi connectivity index (χ4n) is 3.23. The average Bonchev–Trinajstić information content (AvgIpc) is 3.24. The molecule has 0 saturated carbocycles. The zero-order chi connectivity index (χ0) is 19.8. The van der Waals surface area contributed by atoms with E-state index in [-0.39, 0.29) is 11.3 Å². The molecule has 0 spiro atoms. The monoisotopic (exact) mass is 391 g/mol. The van der Waals surface area contributed by atoms with Gasteiger partial charge in [0, 0.05) is 5.56 Å². The fraction of sp³-hybridized carbons (Fsp3) is 0.143. The molecular formula is C21H17N3O3S. The number of benzene rings is 2. The van der Waals surface area contributed by atoms with Gasteiger partial charge in [-0.05, 0) is 19.4 Å². The van der Waals surface area contributed by atoms with E-state index in [0.29, 0.717) is 21.3 Å². The van der Waals surface area contributed by atoms with E-state index in [1.165, 1.54) is 16.2 Å². The maximum atomic E-state index is 12.9. The van der Waals surface area contributed by atoms with E-state index in [1.807, 2.05) is 49.4 Å². The molecule has 0 aliphatic carbocycles. The zero-order valence-corrected chi connectivity index (χ0v) is 16.1. The average molecular weight is 391 g/mol. The van der Waals surface area contributed by atoms with Crippen molar-refractivity contribution in [2.24, 2.45) is 0 Å². The van der Waals surface area contributed by atoms with Crippen molar-refractivity contribution in [2.75, 3.05) is 4.90 Å². The number of aliphatic hydroxyl groups excluding tert-OH is 1. The highest BCUT2D eigenvalue weighted by molar-refractivity contribution is 7.15. The molecule has 28 heavy (non-hydrogen) atoms. The molecule has 1 amide bonds. The second-order valence-electron chi connectivity index (χ2n) is 6.55. The van der Waals surface area contributed by atoms with E-state index in [9.17, 15) is 14.7 Å². The third-order valence-corrected chi connectivity index (χ3v) is 5.44. The summed E-state index contributed by atoms with van der Waals surface area (Å²) in [5.74, 6) is -1.66. The lowest BCUT2D eigenvalue weighted by Gasteiger charge is -2.22. The molecule has 0 unspecified atom stereocenters. The number of carbonyl (C=O) groups is 2. The Labute approximate surface area is 165 Å². The molecule has 140 valence electrons. The Balaban J connectivity index is 1.93. The summed E-state index contributed by atoms with van der Waals surface area (Å²) < 4.78 is 0. The van der Waals surface area contributed by atoms with Crippen molar-refractivity contribution in [3.63, 3.8) is 0 Å². The van der Waals surface area contributed by atoms with Crippen LogP contribution in [0.3, 0.4) is 0 Å². The van der Waals surface area contributed by atoms with Gasteiger partial charge in [0.05, 0.1) is 11.6 Å². The number of carbonyl (C=O) groups excluding carboxylic acids is 2. The van der Waals surface area contributed by atoms with Crippen molar-refractivity contribution < 1.29 is 14.7 Å². The predicted molar refractivity (Wildman–Crippen MR) is 107 cm³/mol. The van der Waals surface area contributed by atoms with Gasteiger partial charge >= 0.3 is 5.91 Å². The van der Waals surface area contributed by atoms with Crippen molar-refractivity contribution in [2.45, 2.75) is 19.9 Å². The molecule has 1 aromatic heterocycles. The molecule has 2 heterocycles. The highest BCUT2D eigenvalue weighted by atomic mass is 32.1. The molecule has 3 aromatic rings. The largest absolute Gasteiger partial charge is 0.507 e. The predicted octanol–water partition coefficient (Wildman–Crippen LogP) is 3.78. The molecule has 1 atom stereocenters. The highest BCUT2D eigenvalue weighted by Crippen LogP contribution is 2.42. The summed E-state index contributed by atoms with van der Waals surface area (Å²) in [6, 6.07) is 15.5. The quantitative estimate of drug-likeness (QED) is 0.417. The minimum Gasteiger partial charge on any atom is -0.507 e. The normalized spacial score (nSPS) is 18.6. The number of aliphatic hydroxyl groups is 1. The second-order valence-corrected chi connectivity index (χ2v) is 7.71. The smallest absolute Gasteiger partial charge is 0.301 e. The third kappa shape index (κ3) is 2.99. The van der Waals surface area contributed by atoms with Gasteiger partial charge < -0.3 is 5.11 Å². The van der Waals surface area contributed by atoms with Crippen molar-refractivity contribution in [1.29, 1.82) is 0 Å². The van der Waals surface area contributed by atoms with E-state index in [1.54, 1.807) is 19.1 Å². The van der Waals surface area contributed by atoms with Gasteiger partial charge in [0.25, 0.3) is 5.78 Å². The molecular weight excluding hydrogens is 374 g/mol. The van der Waals surface area contributed by atoms with Crippen molar-refractivity contribution in [3.8, 4) is 0 Å². The summed E-state index contributed by atoms with van der Waals surface area (Å²) in [6.45, 7) is 3.71. The Hall–Kier alpha value is -3.32. The van der Waals surface area contributed by atoms with E-state index < -0.39 is 17.7 Å². The van der Waals surface area contributed by atoms with Crippen LogP contribution in [0.25, 0.3) is 5.76 Å². The number of hydrogen-bond donors (Lipinski definition) is 1. The molecule has 4 rings (SSSR count). The molecule has 1 aliphatic rings. The van der Waals surface area contributed by atoms with Gasteiger partial charge in [0.2, 0.25) is 5.13 Å². The first-order valence-corrected chi connectivity index (χ1v) is 9.52. The molecule has 6 nitrogen and oxygen atoms in total. The van der Waals surface area contributed by atoms with E-state index in [0.717, 1.165) is 5.56 Å². The number of ketones is 1. The number of aryl methyl sites for hydroxylation is 2. The molecule has 1 saturated heterocycles. The van der Waals surface area contributed by atoms with Gasteiger partial charge in [-0.25, -0.2) is 0 Å². The van der Waals surface area contributed by atoms with Crippen molar-refractivity contribution in [1.82, 2.24) is 10.2 Å². The van der Waals surface area contributed by atoms with Crippen LogP contribution in [0.1, 0.15) is 27.7 Å². The van der Waals surface area contributed by atoms with Gasteiger partial charge in [0.15, 0.2) is 0 Å². The van der Waals surface area contributed by atoms with Crippen LogP contribution >= 0.6 is 11.3 Å². The maximum Gasteiger partial charge on any atom is 0.301 e. The fourth-order valence-corrected chi connectivity index (χ4v) is 3.95. The molecule has 1 N–H and O–H groups in total. The van der Waals surface area contributed by atoms with Crippen LogP contribution < -0.4 is 4.90 Å². The SMILES string of the molecule is Cc1ccc(C(O)=C2C(=O)C(=O)N(c3nnc(C)s3)[C@H]2c2ccccc2)cc1. The summed E-state index contributed by atoms with van der Waals surface area (Å²) in [6.07, 6.45) is 0. The van der Waals surface area contributed by atoms with E-state index in [4.69, 9.17) is 0 Å². The van der Waals surface area contributed by atoms with E-state index >= 15 is 0 Å². The van der Waals surface area contributed by atoms with Gasteiger partial charge in [-0.15, -0.1) is 10.2 Å². The molecule has 7 heteroatoms. The summed E-state index contributed by atoms with van der Waals surface area (Å²) in [5, 5.41) is 20.0. The first kappa shape index (κ1) is 18.1. The van der Waals surface area contributed by atoms with Crippen LogP contribution in [0.5, 0.6) is 0 Å². The van der Waals surface area contributed by atoms with Crippen LogP contribution in [0.4, 0.5) is 5.13 Å². The Morgan fingerprint density at radius 2 is 1.68 bits per heavy atom. The summed E-state index contributed by atoms with van der Waals surface area (Å²) in [5.41, 5.74) is 2.27. The van der Waals surface area contributed by atoms with Crippen LogP contribution in [-0.4, -0.2) is 27.0 Å². The lowest BCUT2D eigenvalue weighted by atomic mass is 9.95. The standard InChI is InChI=1S/C21H17N3O3S/c1-12-8-10-15(11-9-12)18(25)16-17(14-6-4-3-5-7-14)24(20(27)19(16)26)21-23-22-13(2)28-21/h3-11,17,25H,1-2H3/t17-/m0/s1. The Morgan fingerprint density at radius 1 is 1.00 bits per heavy atom. The van der Waals surface area contributed by atoms with Gasteiger partial charge in [-0.1, -0.05) is 71.5 Å². The van der Waals surface area contributed by atoms with Crippen LogP contribution in [0, 0.1) is 13.8 Å². The molecule has 0 bridgehead atoms. The van der Waals surface area contributed by atoms with Gasteiger partial charge in [-0.3, -0.25) is 14.5 Å².